The molecule has 6 nitrogen and oxygen atoms in total. The third-order valence-electron chi connectivity index (χ3n) is 4.85. The highest BCUT2D eigenvalue weighted by Crippen LogP contribution is 2.27. The Morgan fingerprint density at radius 2 is 2.00 bits per heavy atom. The number of hydrogen-bond acceptors (Lipinski definition) is 5. The smallest absolute Gasteiger partial charge is 0.285 e. The lowest BCUT2D eigenvalue weighted by molar-refractivity contribution is 0.00994. The zero-order valence-corrected chi connectivity index (χ0v) is 13.4. The number of aliphatic hydroxyl groups excluding tert-OH is 1. The number of anilines is 1. The molecule has 1 aliphatic heterocycles. The molecule has 1 saturated heterocycles. The molecule has 22 heavy (non-hydrogen) atoms. The van der Waals surface area contributed by atoms with Gasteiger partial charge in [0, 0.05) is 25.2 Å². The van der Waals surface area contributed by atoms with Crippen LogP contribution >= 0.6 is 11.6 Å². The topological polar surface area (TPSA) is 81.2 Å². The molecule has 1 aromatic heterocycles. The summed E-state index contributed by atoms with van der Waals surface area (Å²) in [6.45, 7) is 1.93. The predicted octanol–water partition coefficient (Wildman–Crippen LogP) is 1.60. The van der Waals surface area contributed by atoms with Crippen LogP contribution in [0.15, 0.2) is 11.0 Å². The SMILES string of the molecule is O=c1[nH]ncc(NC2CCN(C3CCCCC3O)CC2)c1Cl. The van der Waals surface area contributed by atoms with Gasteiger partial charge in [-0.3, -0.25) is 9.69 Å². The van der Waals surface area contributed by atoms with E-state index in [2.05, 4.69) is 20.4 Å². The van der Waals surface area contributed by atoms with E-state index in [-0.39, 0.29) is 22.7 Å². The molecule has 3 N–H and O–H groups in total. The fraction of sp³-hybridized carbons (Fsp3) is 0.733. The van der Waals surface area contributed by atoms with E-state index in [0.29, 0.717) is 11.7 Å². The van der Waals surface area contributed by atoms with Crippen LogP contribution in [0.3, 0.4) is 0 Å². The van der Waals surface area contributed by atoms with Crippen molar-refractivity contribution in [3.05, 3.63) is 21.6 Å². The number of piperidine rings is 1. The molecule has 0 radical (unpaired) electrons. The van der Waals surface area contributed by atoms with E-state index in [1.54, 1.807) is 6.20 Å². The Morgan fingerprint density at radius 3 is 2.73 bits per heavy atom. The van der Waals surface area contributed by atoms with E-state index in [0.717, 1.165) is 45.2 Å². The van der Waals surface area contributed by atoms with Gasteiger partial charge in [-0.2, -0.15) is 5.10 Å². The quantitative estimate of drug-likeness (QED) is 0.786. The summed E-state index contributed by atoms with van der Waals surface area (Å²) in [6, 6.07) is 0.609. The summed E-state index contributed by atoms with van der Waals surface area (Å²) in [4.78, 5) is 13.9. The molecule has 0 spiro atoms. The molecule has 0 aromatic carbocycles. The number of aromatic nitrogens is 2. The van der Waals surface area contributed by atoms with Crippen LogP contribution in [0.4, 0.5) is 5.69 Å². The third kappa shape index (κ3) is 3.45. The van der Waals surface area contributed by atoms with E-state index < -0.39 is 0 Å². The summed E-state index contributed by atoms with van der Waals surface area (Å²) in [6.07, 6.45) is 7.72. The first-order chi connectivity index (χ1) is 10.6. The molecule has 2 fully saturated rings. The van der Waals surface area contributed by atoms with Gasteiger partial charge in [-0.15, -0.1) is 0 Å². The van der Waals surface area contributed by atoms with Gasteiger partial charge in [-0.1, -0.05) is 24.4 Å². The van der Waals surface area contributed by atoms with Crippen molar-refractivity contribution in [1.82, 2.24) is 15.1 Å². The Hall–Kier alpha value is -1.11. The predicted molar refractivity (Wildman–Crippen MR) is 86.3 cm³/mol. The van der Waals surface area contributed by atoms with Crippen molar-refractivity contribution in [2.24, 2.45) is 0 Å². The number of likely N-dealkylation sites (tertiary alicyclic amines) is 1. The second kappa shape index (κ2) is 6.98. The van der Waals surface area contributed by atoms with Gasteiger partial charge in [0.05, 0.1) is 18.0 Å². The van der Waals surface area contributed by atoms with Crippen molar-refractivity contribution < 1.29 is 5.11 Å². The largest absolute Gasteiger partial charge is 0.391 e. The maximum absolute atomic E-state index is 11.5. The molecule has 0 amide bonds. The summed E-state index contributed by atoms with van der Waals surface area (Å²) in [5.41, 5.74) is 0.232. The van der Waals surface area contributed by atoms with Crippen LogP contribution in [-0.2, 0) is 0 Å². The van der Waals surface area contributed by atoms with E-state index in [1.807, 2.05) is 0 Å². The van der Waals surface area contributed by atoms with Gasteiger partial charge in [0.25, 0.3) is 5.56 Å². The first-order valence-electron chi connectivity index (χ1n) is 8.07. The zero-order chi connectivity index (χ0) is 15.5. The zero-order valence-electron chi connectivity index (χ0n) is 12.6. The minimum absolute atomic E-state index is 0.167. The van der Waals surface area contributed by atoms with Crippen molar-refractivity contribution in [2.45, 2.75) is 56.7 Å². The fourth-order valence-electron chi connectivity index (χ4n) is 3.60. The van der Waals surface area contributed by atoms with Crippen molar-refractivity contribution in [3.63, 3.8) is 0 Å². The molecule has 1 aromatic rings. The molecule has 2 unspecified atom stereocenters. The van der Waals surface area contributed by atoms with Crippen molar-refractivity contribution in [2.75, 3.05) is 18.4 Å². The molecule has 7 heteroatoms. The Balaban J connectivity index is 1.55. The van der Waals surface area contributed by atoms with Gasteiger partial charge in [-0.25, -0.2) is 5.10 Å². The maximum atomic E-state index is 11.5. The molecule has 122 valence electrons. The number of aromatic amines is 1. The highest BCUT2D eigenvalue weighted by Gasteiger charge is 2.31. The van der Waals surface area contributed by atoms with Crippen molar-refractivity contribution in [1.29, 1.82) is 0 Å². The van der Waals surface area contributed by atoms with Crippen molar-refractivity contribution >= 4 is 17.3 Å². The van der Waals surface area contributed by atoms with Gasteiger partial charge in [0.2, 0.25) is 0 Å². The summed E-state index contributed by atoms with van der Waals surface area (Å²) in [7, 11) is 0. The summed E-state index contributed by atoms with van der Waals surface area (Å²) in [5, 5.41) is 19.8. The molecule has 2 atom stereocenters. The number of nitrogens with one attached hydrogen (secondary N) is 2. The molecule has 3 rings (SSSR count). The van der Waals surface area contributed by atoms with Crippen LogP contribution < -0.4 is 10.9 Å². The Morgan fingerprint density at radius 1 is 1.27 bits per heavy atom. The summed E-state index contributed by atoms with van der Waals surface area (Å²) >= 11 is 5.99. The van der Waals surface area contributed by atoms with Gasteiger partial charge < -0.3 is 10.4 Å². The molecule has 0 bridgehead atoms. The highest BCUT2D eigenvalue weighted by atomic mass is 35.5. The monoisotopic (exact) mass is 326 g/mol. The highest BCUT2D eigenvalue weighted by molar-refractivity contribution is 6.32. The lowest BCUT2D eigenvalue weighted by Crippen LogP contribution is -2.50. The lowest BCUT2D eigenvalue weighted by Gasteiger charge is -2.41. The number of nitrogens with zero attached hydrogens (tertiary/aromatic N) is 2. The first-order valence-corrected chi connectivity index (χ1v) is 8.45. The summed E-state index contributed by atoms with van der Waals surface area (Å²) < 4.78 is 0. The Kier molecular flexibility index (Phi) is 5.00. The van der Waals surface area contributed by atoms with Gasteiger partial charge in [0.1, 0.15) is 5.02 Å². The molecule has 1 saturated carbocycles. The van der Waals surface area contributed by atoms with E-state index in [4.69, 9.17) is 11.6 Å². The third-order valence-corrected chi connectivity index (χ3v) is 5.22. The second-order valence-electron chi connectivity index (χ2n) is 6.30. The number of halogens is 1. The summed E-state index contributed by atoms with van der Waals surface area (Å²) in [5.74, 6) is 0. The van der Waals surface area contributed by atoms with E-state index in [1.165, 1.54) is 6.42 Å². The lowest BCUT2D eigenvalue weighted by atomic mass is 9.89. The Bertz CT molecular complexity index is 557. The minimum Gasteiger partial charge on any atom is -0.391 e. The average molecular weight is 327 g/mol. The number of hydrogen-bond donors (Lipinski definition) is 3. The maximum Gasteiger partial charge on any atom is 0.285 e. The van der Waals surface area contributed by atoms with Crippen LogP contribution in [0.25, 0.3) is 0 Å². The van der Waals surface area contributed by atoms with Crippen LogP contribution in [0.5, 0.6) is 0 Å². The van der Waals surface area contributed by atoms with Crippen LogP contribution in [0.1, 0.15) is 38.5 Å². The fourth-order valence-corrected chi connectivity index (χ4v) is 3.74. The van der Waals surface area contributed by atoms with Gasteiger partial charge >= 0.3 is 0 Å². The normalized spacial score (nSPS) is 27.7. The standard InChI is InChI=1S/C15H23ClN4O2/c16-14-11(9-17-19-15(14)22)18-10-5-7-20(8-6-10)12-3-1-2-4-13(12)21/h9-10,12-13,21H,1-8H2,(H2,18,19,22). The van der Waals surface area contributed by atoms with E-state index in [9.17, 15) is 9.90 Å². The van der Waals surface area contributed by atoms with Gasteiger partial charge in [-0.05, 0) is 25.7 Å². The molecular weight excluding hydrogens is 304 g/mol. The number of H-pyrrole nitrogens is 1. The minimum atomic E-state index is -0.366. The Labute approximate surface area is 134 Å². The van der Waals surface area contributed by atoms with Crippen LogP contribution in [-0.4, -0.2) is 51.5 Å². The van der Waals surface area contributed by atoms with Crippen LogP contribution in [0, 0.1) is 0 Å². The average Bonchev–Trinajstić information content (AvgIpc) is 2.53. The van der Waals surface area contributed by atoms with Crippen LogP contribution in [0.2, 0.25) is 5.02 Å². The molecule has 2 heterocycles. The van der Waals surface area contributed by atoms with Gasteiger partial charge in [0.15, 0.2) is 0 Å². The molecule has 2 aliphatic rings. The molecule has 1 aliphatic carbocycles. The van der Waals surface area contributed by atoms with E-state index >= 15 is 0 Å². The van der Waals surface area contributed by atoms with Crippen molar-refractivity contribution in [3.8, 4) is 0 Å². The second-order valence-corrected chi connectivity index (χ2v) is 6.68. The number of rotatable bonds is 3. The number of aliphatic hydroxyl groups is 1. The first kappa shape index (κ1) is 15.8. The molecular formula is C15H23ClN4O2.